The Kier molecular flexibility index (Phi) is 6.73. The smallest absolute Gasteiger partial charge is 0.338 e. The molecule has 11 heteroatoms. The van der Waals surface area contributed by atoms with Crippen LogP contribution in [-0.4, -0.2) is 59.8 Å². The number of carbonyl (C=O) groups excluding carboxylic acids is 1. The second-order valence-electron chi connectivity index (χ2n) is 10.8. The molecule has 2 saturated heterocycles. The number of halogens is 3. The number of benzene rings is 2. The summed E-state index contributed by atoms with van der Waals surface area (Å²) in [6, 6.07) is 8.97. The number of hydrogen-bond acceptors (Lipinski definition) is 8. The number of hydrogen-bond donors (Lipinski definition) is 0. The Labute approximate surface area is 244 Å². The first kappa shape index (κ1) is 26.2. The van der Waals surface area contributed by atoms with Crippen molar-refractivity contribution < 1.29 is 18.4 Å². The van der Waals surface area contributed by atoms with Crippen LogP contribution in [0.5, 0.6) is 0 Å². The molecule has 2 atom stereocenters. The number of esters is 1. The number of thiazole rings is 1. The van der Waals surface area contributed by atoms with Gasteiger partial charge in [-0.05, 0) is 56.4 Å². The number of carbonyl (C=O) groups is 1. The summed E-state index contributed by atoms with van der Waals surface area (Å²) in [5.74, 6) is 0.336. The molecule has 4 heterocycles. The van der Waals surface area contributed by atoms with Crippen LogP contribution < -0.4 is 4.90 Å². The highest BCUT2D eigenvalue weighted by Gasteiger charge is 2.42. The molecule has 0 amide bonds. The Morgan fingerprint density at radius 2 is 1.88 bits per heavy atom. The zero-order valence-electron chi connectivity index (χ0n) is 21.8. The van der Waals surface area contributed by atoms with Gasteiger partial charge in [-0.1, -0.05) is 45.8 Å². The molecule has 2 unspecified atom stereocenters. The third-order valence-corrected chi connectivity index (χ3v) is 9.93. The first-order valence-electron chi connectivity index (χ1n) is 13.5. The number of methoxy groups -OCH3 is 1. The van der Waals surface area contributed by atoms with Crippen molar-refractivity contribution in [2.24, 2.45) is 0 Å². The molecule has 0 radical (unpaired) electrons. The maximum Gasteiger partial charge on any atom is 0.338 e. The fourth-order valence-corrected chi connectivity index (χ4v) is 7.97. The van der Waals surface area contributed by atoms with Gasteiger partial charge in [-0.15, -0.1) is 0 Å². The third-order valence-electron chi connectivity index (χ3n) is 8.28. The summed E-state index contributed by atoms with van der Waals surface area (Å²) < 4.78 is 26.1. The van der Waals surface area contributed by atoms with E-state index in [1.165, 1.54) is 24.5 Å². The number of piperazine rings is 1. The van der Waals surface area contributed by atoms with Crippen molar-refractivity contribution in [3.05, 3.63) is 63.1 Å². The van der Waals surface area contributed by atoms with Crippen LogP contribution >= 0.6 is 34.5 Å². The monoisotopic (exact) mass is 600 g/mol. The maximum absolute atomic E-state index is 14.8. The molecule has 7 rings (SSSR count). The Morgan fingerprint density at radius 3 is 2.55 bits per heavy atom. The zero-order valence-corrected chi connectivity index (χ0v) is 24.2. The van der Waals surface area contributed by atoms with Crippen LogP contribution in [0.25, 0.3) is 21.5 Å². The van der Waals surface area contributed by atoms with Crippen LogP contribution in [0.2, 0.25) is 10.0 Å². The van der Waals surface area contributed by atoms with Gasteiger partial charge in [0.1, 0.15) is 17.0 Å². The topological polar surface area (TPSA) is 71.7 Å². The van der Waals surface area contributed by atoms with E-state index in [4.69, 9.17) is 32.5 Å². The molecule has 2 aromatic heterocycles. The third kappa shape index (κ3) is 4.57. The average Bonchev–Trinajstić information content (AvgIpc) is 3.46. The van der Waals surface area contributed by atoms with E-state index in [0.717, 1.165) is 79.5 Å². The number of likely N-dealkylation sites (tertiary alicyclic amines) is 1. The summed E-state index contributed by atoms with van der Waals surface area (Å²) in [4.78, 5) is 21.5. The standard InChI is InChI=1S/C29H27Cl2FN4O3S/c1-38-28(37)16-11-22(32)26-23(12-16)40-29(33-26)36-17-7-8-18(36)14-35(13-17)10-9-19-25(34-39-27(19)15-5-6-15)24-20(30)3-2-4-21(24)31/h2-4,11-12,15,17-18H,5-10,13-14H2,1H3. The minimum Gasteiger partial charge on any atom is -0.465 e. The van der Waals surface area contributed by atoms with E-state index in [1.807, 2.05) is 18.2 Å². The quantitative estimate of drug-likeness (QED) is 0.212. The molecule has 3 fully saturated rings. The minimum atomic E-state index is -0.554. The number of anilines is 1. The highest BCUT2D eigenvalue weighted by Crippen LogP contribution is 2.46. The SMILES string of the molecule is COC(=O)c1cc(F)c2nc(N3C4CCC3CN(CCc3c(-c5c(Cl)cccc5Cl)noc3C3CC3)C4)sc2c1. The number of ether oxygens (including phenoxy) is 1. The lowest BCUT2D eigenvalue weighted by Crippen LogP contribution is -2.54. The normalized spacial score (nSPS) is 20.9. The molecule has 7 nitrogen and oxygen atoms in total. The van der Waals surface area contributed by atoms with Crippen LogP contribution in [0.15, 0.2) is 34.9 Å². The van der Waals surface area contributed by atoms with Crippen LogP contribution in [0.1, 0.15) is 53.3 Å². The van der Waals surface area contributed by atoms with E-state index in [1.54, 1.807) is 6.07 Å². The molecule has 2 bridgehead atoms. The van der Waals surface area contributed by atoms with Crippen LogP contribution in [-0.2, 0) is 11.2 Å². The zero-order chi connectivity index (χ0) is 27.5. The lowest BCUT2D eigenvalue weighted by atomic mass is 10.0. The summed E-state index contributed by atoms with van der Waals surface area (Å²) in [7, 11) is 1.29. The van der Waals surface area contributed by atoms with E-state index in [9.17, 15) is 9.18 Å². The highest BCUT2D eigenvalue weighted by molar-refractivity contribution is 7.22. The van der Waals surface area contributed by atoms with Crippen molar-refractivity contribution in [2.75, 3.05) is 31.6 Å². The molecule has 0 N–H and O–H groups in total. The summed E-state index contributed by atoms with van der Waals surface area (Å²) in [5, 5.41) is 6.40. The van der Waals surface area contributed by atoms with Crippen molar-refractivity contribution >= 4 is 55.9 Å². The molecule has 3 aliphatic rings. The average molecular weight is 602 g/mol. The Hall–Kier alpha value is -2.72. The van der Waals surface area contributed by atoms with Crippen molar-refractivity contribution in [3.8, 4) is 11.3 Å². The molecule has 2 aromatic carbocycles. The van der Waals surface area contributed by atoms with Crippen LogP contribution in [0, 0.1) is 5.82 Å². The van der Waals surface area contributed by atoms with Crippen molar-refractivity contribution in [2.45, 2.75) is 50.1 Å². The Balaban J connectivity index is 1.10. The fourth-order valence-electron chi connectivity index (χ4n) is 6.23. The molecule has 4 aromatic rings. The minimum absolute atomic E-state index is 0.201. The van der Waals surface area contributed by atoms with Gasteiger partial charge < -0.3 is 14.2 Å². The highest BCUT2D eigenvalue weighted by atomic mass is 35.5. The summed E-state index contributed by atoms with van der Waals surface area (Å²) in [5.41, 5.74) is 3.10. The molecule has 1 aliphatic carbocycles. The molecule has 40 heavy (non-hydrogen) atoms. The summed E-state index contributed by atoms with van der Waals surface area (Å²) in [6.07, 6.45) is 5.16. The van der Waals surface area contributed by atoms with Gasteiger partial charge in [-0.3, -0.25) is 4.90 Å². The number of nitrogens with zero attached hydrogens (tertiary/aromatic N) is 4. The Bertz CT molecular complexity index is 1590. The first-order valence-corrected chi connectivity index (χ1v) is 15.1. The van der Waals surface area contributed by atoms with Gasteiger partial charge in [-0.25, -0.2) is 14.2 Å². The second kappa shape index (κ2) is 10.3. The number of fused-ring (bicyclic) bond motifs is 3. The van der Waals surface area contributed by atoms with E-state index >= 15 is 0 Å². The molecule has 2 aliphatic heterocycles. The van der Waals surface area contributed by atoms with Crippen molar-refractivity contribution in [1.82, 2.24) is 15.0 Å². The van der Waals surface area contributed by atoms with Crippen molar-refractivity contribution in [3.63, 3.8) is 0 Å². The van der Waals surface area contributed by atoms with Crippen LogP contribution in [0.4, 0.5) is 9.52 Å². The largest absolute Gasteiger partial charge is 0.465 e. The Morgan fingerprint density at radius 1 is 1.15 bits per heavy atom. The summed E-state index contributed by atoms with van der Waals surface area (Å²) >= 11 is 14.5. The van der Waals surface area contributed by atoms with Gasteiger partial charge in [-0.2, -0.15) is 0 Å². The lowest BCUT2D eigenvalue weighted by Gasteiger charge is -2.41. The van der Waals surface area contributed by atoms with Crippen LogP contribution in [0.3, 0.4) is 0 Å². The van der Waals surface area contributed by atoms with E-state index in [-0.39, 0.29) is 5.56 Å². The van der Waals surface area contributed by atoms with E-state index in [0.29, 0.717) is 38.3 Å². The lowest BCUT2D eigenvalue weighted by molar-refractivity contribution is 0.0600. The van der Waals surface area contributed by atoms with Gasteiger partial charge in [0.25, 0.3) is 0 Å². The van der Waals surface area contributed by atoms with E-state index < -0.39 is 11.8 Å². The molecular formula is C29H27Cl2FN4O3S. The van der Waals surface area contributed by atoms with Crippen molar-refractivity contribution in [1.29, 1.82) is 0 Å². The first-order chi connectivity index (χ1) is 19.4. The maximum atomic E-state index is 14.8. The second-order valence-corrected chi connectivity index (χ2v) is 12.7. The predicted octanol–water partition coefficient (Wildman–Crippen LogP) is 6.96. The predicted molar refractivity (Wildman–Crippen MR) is 154 cm³/mol. The molecule has 0 spiro atoms. The molecule has 1 saturated carbocycles. The van der Waals surface area contributed by atoms with Gasteiger partial charge in [0, 0.05) is 48.8 Å². The number of rotatable bonds is 7. The molecule has 208 valence electrons. The fraction of sp³-hybridized carbons (Fsp3) is 0.414. The van der Waals surface area contributed by atoms with Gasteiger partial charge in [0.2, 0.25) is 0 Å². The van der Waals surface area contributed by atoms with Gasteiger partial charge in [0.05, 0.1) is 27.4 Å². The molecular weight excluding hydrogens is 574 g/mol. The van der Waals surface area contributed by atoms with E-state index in [2.05, 4.69) is 19.9 Å². The number of aromatic nitrogens is 2. The van der Waals surface area contributed by atoms with Gasteiger partial charge >= 0.3 is 5.97 Å². The summed E-state index contributed by atoms with van der Waals surface area (Å²) in [6.45, 7) is 2.66. The van der Waals surface area contributed by atoms with Gasteiger partial charge in [0.15, 0.2) is 10.9 Å².